The first-order chi connectivity index (χ1) is 9.83. The standard InChI is InChI=1S/C12H12F3N3O3/c13-12(14,15)6-21-10-4-1-7(5-16-10)17-11(20)8-2-3-9(19)18-8/h1,4-5,8H,2-3,6H2,(H,17,20)(H,18,19). The van der Waals surface area contributed by atoms with E-state index in [1.807, 2.05) is 0 Å². The summed E-state index contributed by atoms with van der Waals surface area (Å²) >= 11 is 0. The Morgan fingerprint density at radius 2 is 2.24 bits per heavy atom. The van der Waals surface area contributed by atoms with Crippen molar-refractivity contribution in [1.82, 2.24) is 10.3 Å². The second-order valence-corrected chi connectivity index (χ2v) is 4.44. The summed E-state index contributed by atoms with van der Waals surface area (Å²) in [6.07, 6.45) is -2.55. The molecule has 1 aromatic rings. The Hall–Kier alpha value is -2.32. The molecule has 1 aliphatic rings. The third kappa shape index (κ3) is 4.62. The van der Waals surface area contributed by atoms with Gasteiger partial charge in [-0.1, -0.05) is 0 Å². The molecule has 1 fully saturated rings. The molecule has 1 saturated heterocycles. The molecule has 1 aliphatic heterocycles. The maximum absolute atomic E-state index is 12.0. The summed E-state index contributed by atoms with van der Waals surface area (Å²) in [5, 5.41) is 5.01. The highest BCUT2D eigenvalue weighted by atomic mass is 19.4. The fourth-order valence-electron chi connectivity index (χ4n) is 1.74. The van der Waals surface area contributed by atoms with Crippen LogP contribution < -0.4 is 15.4 Å². The molecule has 0 radical (unpaired) electrons. The SMILES string of the molecule is O=C1CCC(C(=O)Nc2ccc(OCC(F)(F)F)nc2)N1. The van der Waals surface area contributed by atoms with Crippen LogP contribution in [0.15, 0.2) is 18.3 Å². The van der Waals surface area contributed by atoms with E-state index in [0.29, 0.717) is 18.5 Å². The number of carbonyl (C=O) groups is 2. The van der Waals surface area contributed by atoms with Crippen LogP contribution in [-0.4, -0.2) is 35.6 Å². The Bertz CT molecular complexity index is 531. The van der Waals surface area contributed by atoms with Crippen LogP contribution in [0.1, 0.15) is 12.8 Å². The smallest absolute Gasteiger partial charge is 0.422 e. The van der Waals surface area contributed by atoms with Crippen LogP contribution >= 0.6 is 0 Å². The lowest BCUT2D eigenvalue weighted by Gasteiger charge is -2.11. The molecule has 2 amide bonds. The highest BCUT2D eigenvalue weighted by Crippen LogP contribution is 2.18. The van der Waals surface area contributed by atoms with Gasteiger partial charge in [-0.05, 0) is 12.5 Å². The number of aromatic nitrogens is 1. The second-order valence-electron chi connectivity index (χ2n) is 4.44. The molecule has 2 rings (SSSR count). The highest BCUT2D eigenvalue weighted by Gasteiger charge is 2.29. The van der Waals surface area contributed by atoms with Crippen molar-refractivity contribution >= 4 is 17.5 Å². The molecule has 2 heterocycles. The van der Waals surface area contributed by atoms with Crippen molar-refractivity contribution in [2.75, 3.05) is 11.9 Å². The van der Waals surface area contributed by atoms with Gasteiger partial charge in [-0.25, -0.2) is 4.98 Å². The minimum Gasteiger partial charge on any atom is -0.468 e. The van der Waals surface area contributed by atoms with Crippen molar-refractivity contribution in [3.05, 3.63) is 18.3 Å². The van der Waals surface area contributed by atoms with Crippen LogP contribution in [0.4, 0.5) is 18.9 Å². The minimum absolute atomic E-state index is 0.191. The zero-order valence-corrected chi connectivity index (χ0v) is 10.7. The normalized spacial score (nSPS) is 18.2. The molecule has 114 valence electrons. The lowest BCUT2D eigenvalue weighted by Crippen LogP contribution is -2.37. The summed E-state index contributed by atoms with van der Waals surface area (Å²) in [5.74, 6) is -0.782. The Morgan fingerprint density at radius 3 is 2.76 bits per heavy atom. The minimum atomic E-state index is -4.44. The van der Waals surface area contributed by atoms with E-state index in [1.165, 1.54) is 18.3 Å². The highest BCUT2D eigenvalue weighted by molar-refractivity contribution is 5.98. The average molecular weight is 303 g/mol. The molecule has 1 atom stereocenters. The van der Waals surface area contributed by atoms with Crippen LogP contribution in [0.25, 0.3) is 0 Å². The largest absolute Gasteiger partial charge is 0.468 e. The van der Waals surface area contributed by atoms with Gasteiger partial charge in [0.25, 0.3) is 0 Å². The van der Waals surface area contributed by atoms with Crippen molar-refractivity contribution < 1.29 is 27.5 Å². The van der Waals surface area contributed by atoms with Gasteiger partial charge in [0.1, 0.15) is 6.04 Å². The van der Waals surface area contributed by atoms with Crippen molar-refractivity contribution in [2.45, 2.75) is 25.1 Å². The lowest BCUT2D eigenvalue weighted by molar-refractivity contribution is -0.154. The van der Waals surface area contributed by atoms with Crippen LogP contribution in [0.3, 0.4) is 0 Å². The number of nitrogens with one attached hydrogen (secondary N) is 2. The fraction of sp³-hybridized carbons (Fsp3) is 0.417. The van der Waals surface area contributed by atoms with E-state index in [4.69, 9.17) is 0 Å². The molecule has 1 unspecified atom stereocenters. The number of amides is 2. The van der Waals surface area contributed by atoms with E-state index in [2.05, 4.69) is 20.4 Å². The van der Waals surface area contributed by atoms with Gasteiger partial charge in [0.2, 0.25) is 17.7 Å². The predicted octanol–water partition coefficient (Wildman–Crippen LogP) is 1.24. The molecule has 6 nitrogen and oxygen atoms in total. The Labute approximate surface area is 117 Å². The summed E-state index contributed by atoms with van der Waals surface area (Å²) < 4.78 is 40.3. The summed E-state index contributed by atoms with van der Waals surface area (Å²) in [4.78, 5) is 26.4. The number of alkyl halides is 3. The molecule has 0 saturated carbocycles. The monoisotopic (exact) mass is 303 g/mol. The molecular weight excluding hydrogens is 291 g/mol. The van der Waals surface area contributed by atoms with Gasteiger partial charge >= 0.3 is 6.18 Å². The third-order valence-electron chi connectivity index (χ3n) is 2.70. The van der Waals surface area contributed by atoms with Crippen LogP contribution in [-0.2, 0) is 9.59 Å². The molecule has 0 aromatic carbocycles. The number of anilines is 1. The van der Waals surface area contributed by atoms with Crippen LogP contribution in [0.5, 0.6) is 5.88 Å². The maximum Gasteiger partial charge on any atom is 0.422 e. The summed E-state index contributed by atoms with van der Waals surface area (Å²) in [6, 6.07) is 1.99. The lowest BCUT2D eigenvalue weighted by atomic mass is 10.2. The molecular formula is C12H12F3N3O3. The number of nitrogens with zero attached hydrogens (tertiary/aromatic N) is 1. The van der Waals surface area contributed by atoms with Gasteiger partial charge in [-0.15, -0.1) is 0 Å². The van der Waals surface area contributed by atoms with Gasteiger partial charge in [-0.2, -0.15) is 13.2 Å². The second kappa shape index (κ2) is 5.98. The quantitative estimate of drug-likeness (QED) is 0.877. The van der Waals surface area contributed by atoms with E-state index in [-0.39, 0.29) is 11.8 Å². The van der Waals surface area contributed by atoms with Crippen molar-refractivity contribution in [2.24, 2.45) is 0 Å². The molecule has 21 heavy (non-hydrogen) atoms. The van der Waals surface area contributed by atoms with Gasteiger partial charge in [0, 0.05) is 12.5 Å². The van der Waals surface area contributed by atoms with Crippen molar-refractivity contribution in [1.29, 1.82) is 0 Å². The van der Waals surface area contributed by atoms with E-state index in [1.54, 1.807) is 0 Å². The molecule has 0 bridgehead atoms. The van der Waals surface area contributed by atoms with E-state index in [9.17, 15) is 22.8 Å². The van der Waals surface area contributed by atoms with Gasteiger partial charge < -0.3 is 15.4 Å². The van der Waals surface area contributed by atoms with E-state index in [0.717, 1.165) is 0 Å². The first kappa shape index (κ1) is 15.1. The summed E-state index contributed by atoms with van der Waals surface area (Å²) in [7, 11) is 0. The molecule has 0 aliphatic carbocycles. The van der Waals surface area contributed by atoms with E-state index >= 15 is 0 Å². The Morgan fingerprint density at radius 1 is 1.48 bits per heavy atom. The first-order valence-electron chi connectivity index (χ1n) is 6.09. The number of ether oxygens (including phenoxy) is 1. The number of carbonyl (C=O) groups excluding carboxylic acids is 2. The van der Waals surface area contributed by atoms with Crippen LogP contribution in [0.2, 0.25) is 0 Å². The van der Waals surface area contributed by atoms with Crippen molar-refractivity contribution in [3.63, 3.8) is 0 Å². The number of rotatable bonds is 4. The predicted molar refractivity (Wildman–Crippen MR) is 65.6 cm³/mol. The molecule has 2 N–H and O–H groups in total. The van der Waals surface area contributed by atoms with Crippen molar-refractivity contribution in [3.8, 4) is 5.88 Å². The molecule has 1 aromatic heterocycles. The zero-order chi connectivity index (χ0) is 15.5. The van der Waals surface area contributed by atoms with Gasteiger partial charge in [-0.3, -0.25) is 9.59 Å². The average Bonchev–Trinajstić information content (AvgIpc) is 2.84. The Balaban J connectivity index is 1.87. The zero-order valence-electron chi connectivity index (χ0n) is 10.7. The Kier molecular flexibility index (Phi) is 4.29. The number of hydrogen-bond acceptors (Lipinski definition) is 4. The maximum atomic E-state index is 12.0. The summed E-state index contributed by atoms with van der Waals surface area (Å²) in [5.41, 5.74) is 0.306. The molecule has 0 spiro atoms. The number of halogens is 3. The number of hydrogen-bond donors (Lipinski definition) is 2. The van der Waals surface area contributed by atoms with Gasteiger partial charge in [0.15, 0.2) is 6.61 Å². The number of pyridine rings is 1. The summed E-state index contributed by atoms with van der Waals surface area (Å²) in [6.45, 7) is -1.43. The van der Waals surface area contributed by atoms with Gasteiger partial charge in [0.05, 0.1) is 11.9 Å². The van der Waals surface area contributed by atoms with Crippen LogP contribution in [0, 0.1) is 0 Å². The topological polar surface area (TPSA) is 80.3 Å². The van der Waals surface area contributed by atoms with E-state index < -0.39 is 24.7 Å². The third-order valence-corrected chi connectivity index (χ3v) is 2.70. The molecule has 9 heteroatoms. The first-order valence-corrected chi connectivity index (χ1v) is 6.09. The fourth-order valence-corrected chi connectivity index (χ4v) is 1.74.